The van der Waals surface area contributed by atoms with Gasteiger partial charge in [-0.25, -0.2) is 4.39 Å². The summed E-state index contributed by atoms with van der Waals surface area (Å²) in [5.41, 5.74) is 4.12. The van der Waals surface area contributed by atoms with Crippen LogP contribution in [0.5, 0.6) is 0 Å². The van der Waals surface area contributed by atoms with Gasteiger partial charge in [-0.05, 0) is 55.3 Å². The van der Waals surface area contributed by atoms with E-state index < -0.39 is 0 Å². The number of aromatic nitrogens is 4. The highest BCUT2D eigenvalue weighted by molar-refractivity contribution is 7.99. The van der Waals surface area contributed by atoms with E-state index >= 15 is 0 Å². The smallest absolute Gasteiger partial charge is 0.234 e. The zero-order valence-electron chi connectivity index (χ0n) is 15.9. The molecule has 0 aliphatic carbocycles. The first kappa shape index (κ1) is 19.1. The lowest BCUT2D eigenvalue weighted by atomic mass is 10.1. The first-order chi connectivity index (χ1) is 14.0. The van der Waals surface area contributed by atoms with Crippen LogP contribution < -0.4 is 5.32 Å². The van der Waals surface area contributed by atoms with Crippen molar-refractivity contribution in [3.05, 3.63) is 71.5 Å². The van der Waals surface area contributed by atoms with E-state index in [9.17, 15) is 9.18 Å². The maximum atomic E-state index is 13.6. The van der Waals surface area contributed by atoms with Gasteiger partial charge in [0.05, 0.1) is 5.75 Å². The topological polar surface area (TPSA) is 72.2 Å². The molecule has 0 aliphatic rings. The zero-order valence-corrected chi connectivity index (χ0v) is 16.7. The minimum atomic E-state index is -0.354. The second kappa shape index (κ2) is 8.00. The Morgan fingerprint density at radius 2 is 1.93 bits per heavy atom. The number of aryl methyl sites for hydroxylation is 1. The Balaban J connectivity index is 1.50. The van der Waals surface area contributed by atoms with Gasteiger partial charge in [0, 0.05) is 11.3 Å². The fourth-order valence-electron chi connectivity index (χ4n) is 2.87. The van der Waals surface area contributed by atoms with E-state index in [0.717, 1.165) is 16.8 Å². The molecular weight excluding hydrogens is 389 g/mol. The minimum absolute atomic E-state index is 0.111. The quantitative estimate of drug-likeness (QED) is 0.500. The summed E-state index contributed by atoms with van der Waals surface area (Å²) < 4.78 is 15.1. The van der Waals surface area contributed by atoms with Crippen molar-refractivity contribution in [2.75, 3.05) is 11.1 Å². The third-order valence-corrected chi connectivity index (χ3v) is 5.47. The fourth-order valence-corrected chi connectivity index (χ4v) is 3.52. The number of amides is 1. The molecule has 2 aromatic carbocycles. The third-order valence-electron chi connectivity index (χ3n) is 4.55. The van der Waals surface area contributed by atoms with E-state index in [4.69, 9.17) is 0 Å². The summed E-state index contributed by atoms with van der Waals surface area (Å²) in [6, 6.07) is 15.5. The molecule has 8 heteroatoms. The Morgan fingerprint density at radius 3 is 2.76 bits per heavy atom. The number of rotatable bonds is 5. The Morgan fingerprint density at radius 1 is 1.10 bits per heavy atom. The number of carbonyl (C=O) groups is 1. The number of thioether (sulfide) groups is 1. The lowest BCUT2D eigenvalue weighted by molar-refractivity contribution is -0.113. The van der Waals surface area contributed by atoms with Crippen molar-refractivity contribution in [3.8, 4) is 11.4 Å². The molecule has 4 aromatic rings. The summed E-state index contributed by atoms with van der Waals surface area (Å²) in [6.07, 6.45) is 0. The molecule has 0 unspecified atom stereocenters. The van der Waals surface area contributed by atoms with E-state index in [-0.39, 0.29) is 17.5 Å². The number of halogens is 1. The van der Waals surface area contributed by atoms with Crippen LogP contribution in [-0.4, -0.2) is 31.5 Å². The summed E-state index contributed by atoms with van der Waals surface area (Å²) in [6.45, 7) is 3.99. The number of benzene rings is 2. The second-order valence-corrected chi connectivity index (χ2v) is 7.56. The molecule has 0 fully saturated rings. The fraction of sp³-hybridized carbons (Fsp3) is 0.143. The third kappa shape index (κ3) is 4.12. The highest BCUT2D eigenvalue weighted by Gasteiger charge is 2.12. The molecule has 0 radical (unpaired) electrons. The Kier molecular flexibility index (Phi) is 5.26. The van der Waals surface area contributed by atoms with Gasteiger partial charge in [-0.1, -0.05) is 36.0 Å². The molecule has 29 heavy (non-hydrogen) atoms. The van der Waals surface area contributed by atoms with Gasteiger partial charge in [0.2, 0.25) is 5.91 Å². The second-order valence-electron chi connectivity index (χ2n) is 6.56. The lowest BCUT2D eigenvalue weighted by Gasteiger charge is -2.10. The van der Waals surface area contributed by atoms with Crippen molar-refractivity contribution in [2.45, 2.75) is 18.9 Å². The average molecular weight is 407 g/mol. The summed E-state index contributed by atoms with van der Waals surface area (Å²) in [5, 5.41) is 16.3. The van der Waals surface area contributed by atoms with Crippen molar-refractivity contribution in [1.82, 2.24) is 19.8 Å². The molecule has 146 valence electrons. The van der Waals surface area contributed by atoms with E-state index in [1.54, 1.807) is 28.8 Å². The van der Waals surface area contributed by atoms with E-state index in [1.807, 2.05) is 32.0 Å². The van der Waals surface area contributed by atoms with Crippen LogP contribution in [-0.2, 0) is 4.79 Å². The Bertz CT molecular complexity index is 1210. The van der Waals surface area contributed by atoms with Crippen molar-refractivity contribution >= 4 is 29.0 Å². The van der Waals surface area contributed by atoms with Crippen molar-refractivity contribution < 1.29 is 9.18 Å². The number of fused-ring (bicyclic) bond motifs is 1. The first-order valence-electron chi connectivity index (χ1n) is 8.98. The monoisotopic (exact) mass is 407 g/mol. The van der Waals surface area contributed by atoms with E-state index in [2.05, 4.69) is 20.6 Å². The summed E-state index contributed by atoms with van der Waals surface area (Å²) in [4.78, 5) is 12.4. The molecule has 6 nitrogen and oxygen atoms in total. The predicted octanol–water partition coefficient (Wildman–Crippen LogP) is 4.28. The van der Waals surface area contributed by atoms with Crippen LogP contribution in [0.2, 0.25) is 0 Å². The van der Waals surface area contributed by atoms with Gasteiger partial charge in [-0.15, -0.1) is 10.2 Å². The Hall–Kier alpha value is -3.26. The zero-order chi connectivity index (χ0) is 20.4. The van der Waals surface area contributed by atoms with E-state index in [0.29, 0.717) is 22.1 Å². The van der Waals surface area contributed by atoms with Crippen LogP contribution >= 0.6 is 11.8 Å². The molecular formula is C21H18FN5OS. The van der Waals surface area contributed by atoms with Crippen molar-refractivity contribution in [3.63, 3.8) is 0 Å². The highest BCUT2D eigenvalue weighted by Crippen LogP contribution is 2.22. The predicted molar refractivity (Wildman–Crippen MR) is 111 cm³/mol. The molecule has 0 atom stereocenters. The minimum Gasteiger partial charge on any atom is -0.325 e. The molecule has 1 N–H and O–H groups in total. The molecule has 1 amide bonds. The van der Waals surface area contributed by atoms with Gasteiger partial charge in [-0.2, -0.15) is 9.61 Å². The number of anilines is 1. The van der Waals surface area contributed by atoms with Crippen LogP contribution in [0.25, 0.3) is 17.0 Å². The molecule has 2 aromatic heterocycles. The summed E-state index contributed by atoms with van der Waals surface area (Å²) >= 11 is 1.31. The molecule has 0 bridgehead atoms. The highest BCUT2D eigenvalue weighted by atomic mass is 32.2. The lowest BCUT2D eigenvalue weighted by Crippen LogP contribution is -2.15. The maximum Gasteiger partial charge on any atom is 0.234 e. The Labute approximate surface area is 171 Å². The van der Waals surface area contributed by atoms with Crippen molar-refractivity contribution in [1.29, 1.82) is 0 Å². The van der Waals surface area contributed by atoms with Gasteiger partial charge in [-0.3, -0.25) is 4.79 Å². The summed E-state index contributed by atoms with van der Waals surface area (Å²) in [7, 11) is 0. The van der Waals surface area contributed by atoms with Gasteiger partial charge in [0.25, 0.3) is 0 Å². The van der Waals surface area contributed by atoms with Gasteiger partial charge in [0.15, 0.2) is 11.5 Å². The molecule has 2 heterocycles. The molecule has 0 spiro atoms. The average Bonchev–Trinajstić information content (AvgIpc) is 3.13. The van der Waals surface area contributed by atoms with Gasteiger partial charge in [0.1, 0.15) is 10.8 Å². The van der Waals surface area contributed by atoms with Gasteiger partial charge >= 0.3 is 0 Å². The van der Waals surface area contributed by atoms with E-state index in [1.165, 1.54) is 23.9 Å². The number of hydrogen-bond donors (Lipinski definition) is 1. The molecule has 4 rings (SSSR count). The summed E-state index contributed by atoms with van der Waals surface area (Å²) in [5.74, 6) is 0.193. The standard InChI is InChI=1S/C21H18FN5OS/c1-13-5-3-8-17(14(13)2)23-19(28)12-29-20-10-9-18-24-25-21(27(18)26-20)15-6-4-7-16(22)11-15/h3-11H,12H2,1-2H3,(H,23,28). The molecule has 0 aliphatic heterocycles. The van der Waals surface area contributed by atoms with Crippen LogP contribution in [0.4, 0.5) is 10.1 Å². The van der Waals surface area contributed by atoms with Crippen LogP contribution in [0.15, 0.2) is 59.6 Å². The first-order valence-corrected chi connectivity index (χ1v) is 9.97. The van der Waals surface area contributed by atoms with Crippen LogP contribution in [0, 0.1) is 19.7 Å². The van der Waals surface area contributed by atoms with Crippen LogP contribution in [0.1, 0.15) is 11.1 Å². The number of hydrogen-bond acceptors (Lipinski definition) is 5. The number of nitrogens with one attached hydrogen (secondary N) is 1. The number of nitrogens with zero attached hydrogens (tertiary/aromatic N) is 4. The van der Waals surface area contributed by atoms with Crippen molar-refractivity contribution in [2.24, 2.45) is 0 Å². The normalized spacial score (nSPS) is 11.0. The van der Waals surface area contributed by atoms with Crippen LogP contribution in [0.3, 0.4) is 0 Å². The van der Waals surface area contributed by atoms with Gasteiger partial charge < -0.3 is 5.32 Å². The number of carbonyl (C=O) groups excluding carboxylic acids is 1. The molecule has 0 saturated heterocycles. The molecule has 0 saturated carbocycles. The maximum absolute atomic E-state index is 13.6. The SMILES string of the molecule is Cc1cccc(NC(=O)CSc2ccc3nnc(-c4cccc(F)c4)n3n2)c1C. The largest absolute Gasteiger partial charge is 0.325 e.